The highest BCUT2D eigenvalue weighted by atomic mass is 16.5. The SMILES string of the molecule is CCNC(=O)N(c1ccc(C)cc1)[C@H]1C[C@@H](C)N(C(=O)c2ccc(OC)cc2)c2ccc(C)cc21. The number of hydrogen-bond acceptors (Lipinski definition) is 3. The first-order valence-corrected chi connectivity index (χ1v) is 12.1. The molecule has 3 aromatic rings. The molecule has 1 aliphatic heterocycles. The van der Waals surface area contributed by atoms with Crippen molar-refractivity contribution in [2.45, 2.75) is 46.2 Å². The Morgan fingerprint density at radius 2 is 1.66 bits per heavy atom. The predicted molar refractivity (Wildman–Crippen MR) is 141 cm³/mol. The number of hydrogen-bond donors (Lipinski definition) is 1. The van der Waals surface area contributed by atoms with Crippen LogP contribution < -0.4 is 19.9 Å². The zero-order valence-corrected chi connectivity index (χ0v) is 21.0. The van der Waals surface area contributed by atoms with Gasteiger partial charge in [0, 0.05) is 29.5 Å². The highest BCUT2D eigenvalue weighted by Gasteiger charge is 2.39. The second-order valence-corrected chi connectivity index (χ2v) is 9.11. The van der Waals surface area contributed by atoms with Gasteiger partial charge >= 0.3 is 6.03 Å². The highest BCUT2D eigenvalue weighted by Crippen LogP contribution is 2.43. The molecule has 0 radical (unpaired) electrons. The molecule has 6 heteroatoms. The van der Waals surface area contributed by atoms with Crippen LogP contribution in [0, 0.1) is 13.8 Å². The van der Waals surface area contributed by atoms with Gasteiger partial charge in [-0.15, -0.1) is 0 Å². The second-order valence-electron chi connectivity index (χ2n) is 9.11. The van der Waals surface area contributed by atoms with Crippen molar-refractivity contribution >= 4 is 23.3 Å². The largest absolute Gasteiger partial charge is 0.497 e. The number of nitrogens with zero attached hydrogens (tertiary/aromatic N) is 2. The minimum atomic E-state index is -0.214. The number of fused-ring (bicyclic) bond motifs is 1. The predicted octanol–water partition coefficient (Wildman–Crippen LogP) is 6.03. The minimum absolute atomic E-state index is 0.0661. The molecular formula is C29H33N3O3. The van der Waals surface area contributed by atoms with E-state index in [0.29, 0.717) is 24.3 Å². The Labute approximate surface area is 207 Å². The number of methoxy groups -OCH3 is 1. The average Bonchev–Trinajstić information content (AvgIpc) is 2.85. The lowest BCUT2D eigenvalue weighted by atomic mass is 9.88. The average molecular weight is 472 g/mol. The van der Waals surface area contributed by atoms with Gasteiger partial charge in [0.05, 0.1) is 13.2 Å². The van der Waals surface area contributed by atoms with Crippen LogP contribution >= 0.6 is 0 Å². The zero-order valence-electron chi connectivity index (χ0n) is 21.0. The van der Waals surface area contributed by atoms with Crippen LogP contribution in [0.3, 0.4) is 0 Å². The fraction of sp³-hybridized carbons (Fsp3) is 0.310. The summed E-state index contributed by atoms with van der Waals surface area (Å²) in [5, 5.41) is 2.98. The van der Waals surface area contributed by atoms with Crippen molar-refractivity contribution in [2.75, 3.05) is 23.5 Å². The van der Waals surface area contributed by atoms with Crippen LogP contribution in [0.5, 0.6) is 5.75 Å². The fourth-order valence-corrected chi connectivity index (χ4v) is 4.76. The van der Waals surface area contributed by atoms with E-state index < -0.39 is 0 Å². The van der Waals surface area contributed by atoms with Gasteiger partial charge in [-0.25, -0.2) is 4.79 Å². The summed E-state index contributed by atoms with van der Waals surface area (Å²) in [5.41, 5.74) is 5.45. The number of amides is 3. The van der Waals surface area contributed by atoms with E-state index in [2.05, 4.69) is 11.4 Å². The van der Waals surface area contributed by atoms with Crippen molar-refractivity contribution in [3.05, 3.63) is 89.0 Å². The molecule has 6 nitrogen and oxygen atoms in total. The van der Waals surface area contributed by atoms with Gasteiger partial charge < -0.3 is 15.0 Å². The van der Waals surface area contributed by atoms with Crippen LogP contribution in [0.25, 0.3) is 0 Å². The number of carbonyl (C=O) groups excluding carboxylic acids is 2. The van der Waals surface area contributed by atoms with Gasteiger partial charge in [0.25, 0.3) is 5.91 Å². The lowest BCUT2D eigenvalue weighted by molar-refractivity contribution is 0.0973. The van der Waals surface area contributed by atoms with Crippen molar-refractivity contribution in [3.8, 4) is 5.75 Å². The number of benzene rings is 3. The zero-order chi connectivity index (χ0) is 25.1. The van der Waals surface area contributed by atoms with E-state index in [-0.39, 0.29) is 24.0 Å². The van der Waals surface area contributed by atoms with Gasteiger partial charge in [-0.05, 0) is 82.1 Å². The first-order valence-electron chi connectivity index (χ1n) is 12.1. The molecule has 0 saturated carbocycles. The number of urea groups is 1. The van der Waals surface area contributed by atoms with Crippen molar-refractivity contribution in [1.82, 2.24) is 5.32 Å². The van der Waals surface area contributed by atoms with Gasteiger partial charge in [0.15, 0.2) is 0 Å². The molecule has 4 rings (SSSR count). The van der Waals surface area contributed by atoms with E-state index in [1.54, 1.807) is 31.4 Å². The van der Waals surface area contributed by atoms with Crippen molar-refractivity contribution in [3.63, 3.8) is 0 Å². The molecule has 3 amide bonds. The Balaban J connectivity index is 1.79. The summed E-state index contributed by atoms with van der Waals surface area (Å²) in [6.45, 7) is 8.56. The van der Waals surface area contributed by atoms with Gasteiger partial charge in [-0.3, -0.25) is 9.69 Å². The summed E-state index contributed by atoms with van der Waals surface area (Å²) in [6, 6.07) is 20.8. The van der Waals surface area contributed by atoms with Crippen LogP contribution in [0.15, 0.2) is 66.7 Å². The van der Waals surface area contributed by atoms with Gasteiger partial charge in [-0.1, -0.05) is 35.4 Å². The van der Waals surface area contributed by atoms with Crippen LogP contribution in [0.2, 0.25) is 0 Å². The van der Waals surface area contributed by atoms with Crippen molar-refractivity contribution in [1.29, 1.82) is 0 Å². The first kappa shape index (κ1) is 24.3. The Bertz CT molecular complexity index is 1200. The van der Waals surface area contributed by atoms with E-state index in [1.807, 2.05) is 73.9 Å². The van der Waals surface area contributed by atoms with Crippen LogP contribution in [0.4, 0.5) is 16.2 Å². The van der Waals surface area contributed by atoms with Gasteiger partial charge in [0.2, 0.25) is 0 Å². The summed E-state index contributed by atoms with van der Waals surface area (Å²) in [5.74, 6) is 0.642. The number of rotatable bonds is 5. The monoisotopic (exact) mass is 471 g/mol. The molecule has 0 fully saturated rings. The Hall–Kier alpha value is -3.80. The van der Waals surface area contributed by atoms with E-state index in [9.17, 15) is 9.59 Å². The maximum atomic E-state index is 13.7. The summed E-state index contributed by atoms with van der Waals surface area (Å²) in [4.78, 5) is 30.7. The number of ether oxygens (including phenoxy) is 1. The van der Waals surface area contributed by atoms with E-state index in [4.69, 9.17) is 4.74 Å². The molecule has 0 aliphatic carbocycles. The lowest BCUT2D eigenvalue weighted by Crippen LogP contribution is -2.50. The maximum Gasteiger partial charge on any atom is 0.322 e. The standard InChI is InChI=1S/C29H33N3O3/c1-6-30-29(34)32(23-12-7-19(2)8-13-23)27-18-21(4)31(26-16-9-20(3)17-25(26)27)28(33)22-10-14-24(35-5)15-11-22/h7-17,21,27H,6,18H2,1-5H3,(H,30,34)/t21-,27+/m1/s1. The molecule has 1 aliphatic rings. The maximum absolute atomic E-state index is 13.7. The van der Waals surface area contributed by atoms with Gasteiger partial charge in [0.1, 0.15) is 5.75 Å². The topological polar surface area (TPSA) is 61.9 Å². The molecular weight excluding hydrogens is 438 g/mol. The number of carbonyl (C=O) groups is 2. The third-order valence-electron chi connectivity index (χ3n) is 6.53. The minimum Gasteiger partial charge on any atom is -0.497 e. The number of anilines is 2. The van der Waals surface area contributed by atoms with E-state index >= 15 is 0 Å². The molecule has 0 bridgehead atoms. The van der Waals surface area contributed by atoms with Crippen LogP contribution in [0.1, 0.15) is 53.4 Å². The normalized spacial score (nSPS) is 16.9. The molecule has 0 spiro atoms. The molecule has 3 aromatic carbocycles. The van der Waals surface area contributed by atoms with Crippen LogP contribution in [-0.4, -0.2) is 31.6 Å². The van der Waals surface area contributed by atoms with Crippen LogP contribution in [-0.2, 0) is 0 Å². The highest BCUT2D eigenvalue weighted by molar-refractivity contribution is 6.07. The summed E-state index contributed by atoms with van der Waals surface area (Å²) >= 11 is 0. The van der Waals surface area contributed by atoms with Gasteiger partial charge in [-0.2, -0.15) is 0 Å². The summed E-state index contributed by atoms with van der Waals surface area (Å²) < 4.78 is 5.25. The smallest absolute Gasteiger partial charge is 0.322 e. The van der Waals surface area contributed by atoms with Crippen molar-refractivity contribution in [2.24, 2.45) is 0 Å². The lowest BCUT2D eigenvalue weighted by Gasteiger charge is -2.43. The van der Waals surface area contributed by atoms with E-state index in [0.717, 1.165) is 28.1 Å². The Kier molecular flexibility index (Phi) is 7.10. The Morgan fingerprint density at radius 1 is 1.00 bits per heavy atom. The number of aryl methyl sites for hydroxylation is 2. The molecule has 1 heterocycles. The Morgan fingerprint density at radius 3 is 2.29 bits per heavy atom. The third kappa shape index (κ3) is 4.87. The van der Waals surface area contributed by atoms with Crippen molar-refractivity contribution < 1.29 is 14.3 Å². The quantitative estimate of drug-likeness (QED) is 0.494. The molecule has 1 N–H and O–H groups in total. The summed E-state index contributed by atoms with van der Waals surface area (Å²) in [6.07, 6.45) is 0.614. The fourth-order valence-electron chi connectivity index (χ4n) is 4.76. The molecule has 2 atom stereocenters. The molecule has 0 aromatic heterocycles. The second kappa shape index (κ2) is 10.2. The molecule has 0 unspecified atom stereocenters. The van der Waals surface area contributed by atoms with E-state index in [1.165, 1.54) is 0 Å². The molecule has 182 valence electrons. The third-order valence-corrected chi connectivity index (χ3v) is 6.53. The summed E-state index contributed by atoms with van der Waals surface area (Å²) in [7, 11) is 1.61. The first-order chi connectivity index (χ1) is 16.8. The molecule has 35 heavy (non-hydrogen) atoms. The number of nitrogens with one attached hydrogen (secondary N) is 1. The molecule has 0 saturated heterocycles.